The highest BCUT2D eigenvalue weighted by Gasteiger charge is 2.22. The fourth-order valence-corrected chi connectivity index (χ4v) is 3.60. The highest BCUT2D eigenvalue weighted by Crippen LogP contribution is 2.28. The Morgan fingerprint density at radius 1 is 0.958 bits per heavy atom. The van der Waals surface area contributed by atoms with Crippen molar-refractivity contribution in [1.29, 1.82) is 0 Å². The average Bonchev–Trinajstić information content (AvgIpc) is 2.54. The molecule has 0 aliphatic rings. The molecule has 24 heavy (non-hydrogen) atoms. The largest absolute Gasteiger partial charge is 0.478 e. The Labute approximate surface area is 137 Å². The number of hydrogen-bond donors (Lipinski definition) is 2. The number of hydrogen-bond acceptors (Lipinski definition) is 3. The number of rotatable bonds is 4. The van der Waals surface area contributed by atoms with Gasteiger partial charge in [0.25, 0.3) is 10.0 Å². The van der Waals surface area contributed by atoms with Gasteiger partial charge in [-0.3, -0.25) is 4.72 Å². The van der Waals surface area contributed by atoms with Crippen LogP contribution in [0.5, 0.6) is 0 Å². The van der Waals surface area contributed by atoms with E-state index in [1.54, 1.807) is 30.3 Å². The fourth-order valence-electron chi connectivity index (χ4n) is 2.45. The third-order valence-corrected chi connectivity index (χ3v) is 4.91. The molecule has 0 bridgehead atoms. The van der Waals surface area contributed by atoms with E-state index in [-0.39, 0.29) is 11.3 Å². The Kier molecular flexibility index (Phi) is 3.94. The number of anilines is 1. The van der Waals surface area contributed by atoms with Gasteiger partial charge in [-0.1, -0.05) is 42.5 Å². The number of fused-ring (bicyclic) bond motifs is 1. The summed E-state index contributed by atoms with van der Waals surface area (Å²) in [5.41, 5.74) is -0.308. The minimum Gasteiger partial charge on any atom is -0.478 e. The van der Waals surface area contributed by atoms with Crippen LogP contribution in [-0.4, -0.2) is 19.5 Å². The highest BCUT2D eigenvalue weighted by atomic mass is 32.2. The highest BCUT2D eigenvalue weighted by molar-refractivity contribution is 7.92. The van der Waals surface area contributed by atoms with Crippen LogP contribution in [0.4, 0.5) is 10.1 Å². The fraction of sp³-hybridized carbons (Fsp3) is 0. The van der Waals surface area contributed by atoms with Gasteiger partial charge in [-0.05, 0) is 29.0 Å². The standard InChI is InChI=1S/C17H12FNO4S/c18-13-7-3-4-8-15(13)24(22,23)19-14-10-9-11-5-1-2-6-12(11)16(14)17(20)21/h1-10,19H,(H,20,21). The first-order valence-electron chi connectivity index (χ1n) is 6.92. The van der Waals surface area contributed by atoms with E-state index >= 15 is 0 Å². The van der Waals surface area contributed by atoms with E-state index in [0.717, 1.165) is 12.1 Å². The molecule has 3 rings (SSSR count). The predicted molar refractivity (Wildman–Crippen MR) is 88.1 cm³/mol. The van der Waals surface area contributed by atoms with Crippen molar-refractivity contribution in [3.8, 4) is 0 Å². The maximum Gasteiger partial charge on any atom is 0.338 e. The van der Waals surface area contributed by atoms with Crippen molar-refractivity contribution >= 4 is 32.5 Å². The molecule has 0 saturated heterocycles. The van der Waals surface area contributed by atoms with Crippen molar-refractivity contribution in [1.82, 2.24) is 0 Å². The van der Waals surface area contributed by atoms with E-state index < -0.39 is 26.7 Å². The Balaban J connectivity index is 2.15. The second kappa shape index (κ2) is 5.93. The summed E-state index contributed by atoms with van der Waals surface area (Å²) in [7, 11) is -4.26. The van der Waals surface area contributed by atoms with Gasteiger partial charge in [0.05, 0.1) is 11.3 Å². The first-order valence-corrected chi connectivity index (χ1v) is 8.41. The molecule has 0 spiro atoms. The zero-order chi connectivity index (χ0) is 17.3. The summed E-state index contributed by atoms with van der Waals surface area (Å²) in [6, 6.07) is 14.5. The van der Waals surface area contributed by atoms with Crippen LogP contribution in [0.1, 0.15) is 10.4 Å². The van der Waals surface area contributed by atoms with Crippen molar-refractivity contribution < 1.29 is 22.7 Å². The Morgan fingerprint density at radius 3 is 2.33 bits per heavy atom. The molecule has 0 aliphatic heterocycles. The number of carboxylic acid groups (broad SMARTS) is 1. The molecule has 2 N–H and O–H groups in total. The summed E-state index contributed by atoms with van der Waals surface area (Å²) in [4.78, 5) is 11.1. The number of nitrogens with one attached hydrogen (secondary N) is 1. The Bertz CT molecular complexity index is 1050. The van der Waals surface area contributed by atoms with Crippen LogP contribution >= 0.6 is 0 Å². The molecule has 3 aromatic rings. The average molecular weight is 345 g/mol. The van der Waals surface area contributed by atoms with Gasteiger partial charge in [0, 0.05) is 0 Å². The first-order chi connectivity index (χ1) is 11.4. The lowest BCUT2D eigenvalue weighted by molar-refractivity contribution is 0.0700. The molecule has 0 saturated carbocycles. The number of carboxylic acids is 1. The van der Waals surface area contributed by atoms with Crippen LogP contribution in [0.25, 0.3) is 10.8 Å². The summed E-state index contributed by atoms with van der Waals surface area (Å²) in [5, 5.41) is 10.5. The maximum atomic E-state index is 13.8. The summed E-state index contributed by atoms with van der Waals surface area (Å²) >= 11 is 0. The summed E-state index contributed by atoms with van der Waals surface area (Å²) in [6.45, 7) is 0. The van der Waals surface area contributed by atoms with E-state index in [9.17, 15) is 22.7 Å². The molecule has 0 unspecified atom stereocenters. The van der Waals surface area contributed by atoms with Gasteiger partial charge in [0.1, 0.15) is 10.7 Å². The van der Waals surface area contributed by atoms with Crippen LogP contribution < -0.4 is 4.72 Å². The van der Waals surface area contributed by atoms with E-state index in [1.165, 1.54) is 18.2 Å². The number of halogens is 1. The Morgan fingerprint density at radius 2 is 1.62 bits per heavy atom. The van der Waals surface area contributed by atoms with Gasteiger partial charge in [-0.25, -0.2) is 17.6 Å². The molecular formula is C17H12FNO4S. The van der Waals surface area contributed by atoms with Crippen molar-refractivity contribution in [2.75, 3.05) is 4.72 Å². The summed E-state index contributed by atoms with van der Waals surface area (Å²) in [6.07, 6.45) is 0. The first kappa shape index (κ1) is 15.9. The van der Waals surface area contributed by atoms with Crippen LogP contribution in [-0.2, 0) is 10.0 Å². The van der Waals surface area contributed by atoms with Gasteiger partial charge >= 0.3 is 5.97 Å². The minimum absolute atomic E-state index is 0.121. The van der Waals surface area contributed by atoms with Crippen molar-refractivity contribution in [2.45, 2.75) is 4.90 Å². The van der Waals surface area contributed by atoms with Crippen LogP contribution in [0.15, 0.2) is 65.6 Å². The monoisotopic (exact) mass is 345 g/mol. The smallest absolute Gasteiger partial charge is 0.338 e. The summed E-state index contributed by atoms with van der Waals surface area (Å²) < 4.78 is 40.7. The van der Waals surface area contributed by atoms with Gasteiger partial charge in [-0.2, -0.15) is 0 Å². The third-order valence-electron chi connectivity index (χ3n) is 3.51. The molecule has 122 valence electrons. The topological polar surface area (TPSA) is 83.5 Å². The van der Waals surface area contributed by atoms with Gasteiger partial charge in [-0.15, -0.1) is 0 Å². The molecular weight excluding hydrogens is 333 g/mol. The van der Waals surface area contributed by atoms with E-state index in [2.05, 4.69) is 4.72 Å². The SMILES string of the molecule is O=C(O)c1c(NS(=O)(=O)c2ccccc2F)ccc2ccccc12. The molecule has 0 fully saturated rings. The number of sulfonamides is 1. The molecule has 0 amide bonds. The van der Waals surface area contributed by atoms with Gasteiger partial charge < -0.3 is 5.11 Å². The van der Waals surface area contributed by atoms with Crippen molar-refractivity contribution in [2.24, 2.45) is 0 Å². The predicted octanol–water partition coefficient (Wildman–Crippen LogP) is 3.48. The third kappa shape index (κ3) is 2.81. The lowest BCUT2D eigenvalue weighted by atomic mass is 10.0. The zero-order valence-electron chi connectivity index (χ0n) is 12.2. The second-order valence-electron chi connectivity index (χ2n) is 5.05. The normalized spacial score (nSPS) is 11.4. The lowest BCUT2D eigenvalue weighted by Crippen LogP contribution is -2.17. The second-order valence-corrected chi connectivity index (χ2v) is 6.70. The molecule has 3 aromatic carbocycles. The van der Waals surface area contributed by atoms with Crippen molar-refractivity contribution in [3.63, 3.8) is 0 Å². The minimum atomic E-state index is -4.26. The molecule has 0 aromatic heterocycles. The molecule has 5 nitrogen and oxygen atoms in total. The van der Waals surface area contributed by atoms with Gasteiger partial charge in [0.15, 0.2) is 0 Å². The van der Waals surface area contributed by atoms with Crippen LogP contribution in [0.3, 0.4) is 0 Å². The molecule has 0 atom stereocenters. The molecule has 0 aliphatic carbocycles. The van der Waals surface area contributed by atoms with Crippen LogP contribution in [0.2, 0.25) is 0 Å². The van der Waals surface area contributed by atoms with E-state index in [0.29, 0.717) is 10.8 Å². The number of aromatic carboxylic acids is 1. The molecule has 7 heteroatoms. The number of benzene rings is 3. The van der Waals surface area contributed by atoms with Crippen molar-refractivity contribution in [3.05, 3.63) is 72.0 Å². The van der Waals surface area contributed by atoms with Crippen LogP contribution in [0, 0.1) is 5.82 Å². The number of carbonyl (C=O) groups is 1. The Hall–Kier alpha value is -2.93. The quantitative estimate of drug-likeness (QED) is 0.758. The van der Waals surface area contributed by atoms with E-state index in [1.807, 2.05) is 0 Å². The molecule has 0 heterocycles. The molecule has 0 radical (unpaired) electrons. The zero-order valence-corrected chi connectivity index (χ0v) is 13.0. The lowest BCUT2D eigenvalue weighted by Gasteiger charge is -2.13. The maximum absolute atomic E-state index is 13.8. The summed E-state index contributed by atoms with van der Waals surface area (Å²) in [5.74, 6) is -2.19. The van der Waals surface area contributed by atoms with E-state index in [4.69, 9.17) is 0 Å². The van der Waals surface area contributed by atoms with Gasteiger partial charge in [0.2, 0.25) is 0 Å².